The SMILES string of the molecule is C=N/C(=C\n1c(C)nnc1C(C)C)c1ccc(OC(F)(F)F)cc1. The highest BCUT2D eigenvalue weighted by atomic mass is 19.4. The van der Waals surface area contributed by atoms with E-state index < -0.39 is 6.36 Å². The molecule has 2 aromatic rings. The van der Waals surface area contributed by atoms with E-state index in [0.717, 1.165) is 5.82 Å². The van der Waals surface area contributed by atoms with Crippen LogP contribution in [-0.4, -0.2) is 27.8 Å². The first-order valence-corrected chi connectivity index (χ1v) is 7.17. The molecule has 0 spiro atoms. The third-order valence-corrected chi connectivity index (χ3v) is 3.21. The maximum atomic E-state index is 12.2. The molecule has 2 rings (SSSR count). The molecular weight excluding hydrogens is 321 g/mol. The molecule has 0 saturated carbocycles. The molecule has 1 heterocycles. The minimum Gasteiger partial charge on any atom is -0.406 e. The van der Waals surface area contributed by atoms with Crippen molar-refractivity contribution in [2.45, 2.75) is 33.1 Å². The molecule has 0 aliphatic carbocycles. The van der Waals surface area contributed by atoms with Crippen LogP contribution in [0.15, 0.2) is 29.3 Å². The number of hydrogen-bond donors (Lipinski definition) is 0. The molecule has 24 heavy (non-hydrogen) atoms. The van der Waals surface area contributed by atoms with Gasteiger partial charge in [0.15, 0.2) is 0 Å². The Hall–Kier alpha value is -2.64. The fourth-order valence-corrected chi connectivity index (χ4v) is 2.10. The molecule has 0 atom stereocenters. The van der Waals surface area contributed by atoms with Crippen LogP contribution in [0, 0.1) is 6.92 Å². The lowest BCUT2D eigenvalue weighted by Gasteiger charge is -2.10. The van der Waals surface area contributed by atoms with Gasteiger partial charge < -0.3 is 4.74 Å². The summed E-state index contributed by atoms with van der Waals surface area (Å²) in [6.07, 6.45) is -3.01. The van der Waals surface area contributed by atoms with Crippen LogP contribution in [0.4, 0.5) is 13.2 Å². The molecule has 0 bridgehead atoms. The number of aryl methyl sites for hydroxylation is 1. The van der Waals surface area contributed by atoms with E-state index in [1.54, 1.807) is 17.7 Å². The second kappa shape index (κ2) is 6.86. The molecule has 0 aliphatic rings. The third kappa shape index (κ3) is 4.21. The Balaban J connectivity index is 2.35. The van der Waals surface area contributed by atoms with Crippen LogP contribution >= 0.6 is 0 Å². The molecule has 0 saturated heterocycles. The number of aromatic nitrogens is 3. The lowest BCUT2D eigenvalue weighted by atomic mass is 10.1. The van der Waals surface area contributed by atoms with Gasteiger partial charge in [-0.15, -0.1) is 23.4 Å². The van der Waals surface area contributed by atoms with Gasteiger partial charge in [0.05, 0.1) is 5.70 Å². The number of alkyl halides is 3. The number of rotatable bonds is 5. The minimum atomic E-state index is -4.72. The van der Waals surface area contributed by atoms with Gasteiger partial charge >= 0.3 is 6.36 Å². The Morgan fingerprint density at radius 1 is 1.25 bits per heavy atom. The molecule has 8 heteroatoms. The topological polar surface area (TPSA) is 52.3 Å². The number of ether oxygens (including phenoxy) is 1. The van der Waals surface area contributed by atoms with Crippen LogP contribution in [-0.2, 0) is 0 Å². The van der Waals surface area contributed by atoms with Crippen molar-refractivity contribution in [1.29, 1.82) is 0 Å². The summed E-state index contributed by atoms with van der Waals surface area (Å²) in [7, 11) is 0. The smallest absolute Gasteiger partial charge is 0.406 e. The summed E-state index contributed by atoms with van der Waals surface area (Å²) in [6, 6.07) is 5.42. The number of benzene rings is 1. The Morgan fingerprint density at radius 3 is 2.38 bits per heavy atom. The van der Waals surface area contributed by atoms with Crippen LogP contribution in [0.5, 0.6) is 5.75 Å². The van der Waals surface area contributed by atoms with Gasteiger partial charge in [0.2, 0.25) is 0 Å². The van der Waals surface area contributed by atoms with E-state index in [1.807, 2.05) is 13.8 Å². The van der Waals surface area contributed by atoms with Gasteiger partial charge in [-0.1, -0.05) is 13.8 Å². The fourth-order valence-electron chi connectivity index (χ4n) is 2.10. The van der Waals surface area contributed by atoms with Gasteiger partial charge in [-0.3, -0.25) is 9.56 Å². The van der Waals surface area contributed by atoms with Crippen molar-refractivity contribution in [3.8, 4) is 5.75 Å². The van der Waals surface area contributed by atoms with Gasteiger partial charge in [0.1, 0.15) is 17.4 Å². The summed E-state index contributed by atoms with van der Waals surface area (Å²) in [5.74, 6) is 1.29. The maximum Gasteiger partial charge on any atom is 0.573 e. The van der Waals surface area contributed by atoms with Crippen LogP contribution in [0.1, 0.15) is 37.0 Å². The first-order valence-electron chi connectivity index (χ1n) is 7.17. The van der Waals surface area contributed by atoms with Crippen molar-refractivity contribution in [3.63, 3.8) is 0 Å². The highest BCUT2D eigenvalue weighted by Gasteiger charge is 2.31. The van der Waals surface area contributed by atoms with E-state index in [0.29, 0.717) is 17.1 Å². The molecule has 0 unspecified atom stereocenters. The van der Waals surface area contributed by atoms with Crippen molar-refractivity contribution in [3.05, 3.63) is 41.5 Å². The fraction of sp³-hybridized carbons (Fsp3) is 0.312. The second-order valence-corrected chi connectivity index (χ2v) is 5.37. The average molecular weight is 338 g/mol. The Kier molecular flexibility index (Phi) is 5.06. The van der Waals surface area contributed by atoms with Crippen molar-refractivity contribution >= 4 is 18.6 Å². The zero-order chi connectivity index (χ0) is 17.9. The summed E-state index contributed by atoms with van der Waals surface area (Å²) < 4.78 is 42.3. The van der Waals surface area contributed by atoms with Crippen molar-refractivity contribution in [1.82, 2.24) is 14.8 Å². The van der Waals surface area contributed by atoms with Gasteiger partial charge in [0.25, 0.3) is 0 Å². The lowest BCUT2D eigenvalue weighted by molar-refractivity contribution is -0.274. The molecule has 1 aromatic heterocycles. The Morgan fingerprint density at radius 2 is 1.88 bits per heavy atom. The zero-order valence-corrected chi connectivity index (χ0v) is 13.5. The zero-order valence-electron chi connectivity index (χ0n) is 13.5. The largest absolute Gasteiger partial charge is 0.573 e. The van der Waals surface area contributed by atoms with Gasteiger partial charge in [-0.2, -0.15) is 0 Å². The van der Waals surface area contributed by atoms with Crippen LogP contribution < -0.4 is 4.74 Å². The minimum absolute atomic E-state index is 0.149. The highest BCUT2D eigenvalue weighted by molar-refractivity contribution is 5.77. The Labute approximate surface area is 137 Å². The maximum absolute atomic E-state index is 12.2. The Bertz CT molecular complexity index is 746. The predicted octanol–water partition coefficient (Wildman–Crippen LogP) is 4.26. The molecule has 0 radical (unpaired) electrons. The lowest BCUT2D eigenvalue weighted by Crippen LogP contribution is -2.16. The number of nitrogens with zero attached hydrogens (tertiary/aromatic N) is 4. The van der Waals surface area contributed by atoms with Gasteiger partial charge in [-0.05, 0) is 37.9 Å². The van der Waals surface area contributed by atoms with E-state index in [1.165, 1.54) is 24.3 Å². The standard InChI is InChI=1S/C16H17F3N4O/c1-10(2)15-22-21-11(3)23(15)9-14(20-4)12-5-7-13(8-6-12)24-16(17,18)19/h5-10H,4H2,1-3H3/b14-9-. The molecule has 1 aromatic carbocycles. The number of hydrogen-bond acceptors (Lipinski definition) is 4. The molecule has 0 fully saturated rings. The summed E-state index contributed by atoms with van der Waals surface area (Å²) in [6.45, 7) is 9.29. The third-order valence-electron chi connectivity index (χ3n) is 3.21. The quantitative estimate of drug-likeness (QED) is 0.765. The normalized spacial score (nSPS) is 12.5. The molecule has 0 aliphatic heterocycles. The first-order chi connectivity index (χ1) is 11.2. The molecule has 5 nitrogen and oxygen atoms in total. The molecule has 128 valence electrons. The van der Waals surface area contributed by atoms with Crippen LogP contribution in [0.2, 0.25) is 0 Å². The predicted molar refractivity (Wildman–Crippen MR) is 85.7 cm³/mol. The summed E-state index contributed by atoms with van der Waals surface area (Å²) in [5, 5.41) is 8.15. The van der Waals surface area contributed by atoms with Crippen molar-refractivity contribution in [2.24, 2.45) is 4.99 Å². The summed E-state index contributed by atoms with van der Waals surface area (Å²) in [5.41, 5.74) is 1.08. The van der Waals surface area contributed by atoms with E-state index in [9.17, 15) is 13.2 Å². The van der Waals surface area contributed by atoms with Crippen LogP contribution in [0.3, 0.4) is 0 Å². The van der Waals surface area contributed by atoms with Gasteiger partial charge in [-0.25, -0.2) is 0 Å². The second-order valence-electron chi connectivity index (χ2n) is 5.37. The molecule has 0 amide bonds. The summed E-state index contributed by atoms with van der Waals surface area (Å²) in [4.78, 5) is 3.95. The van der Waals surface area contributed by atoms with E-state index >= 15 is 0 Å². The van der Waals surface area contributed by atoms with Crippen molar-refractivity contribution < 1.29 is 17.9 Å². The highest BCUT2D eigenvalue weighted by Crippen LogP contribution is 2.26. The average Bonchev–Trinajstić information content (AvgIpc) is 2.85. The number of halogens is 3. The molecular formula is C16H17F3N4O. The monoisotopic (exact) mass is 338 g/mol. The number of aliphatic imine (C=N–C) groups is 1. The van der Waals surface area contributed by atoms with E-state index in [4.69, 9.17) is 0 Å². The van der Waals surface area contributed by atoms with Gasteiger partial charge in [0, 0.05) is 17.7 Å². The van der Waals surface area contributed by atoms with Crippen molar-refractivity contribution in [2.75, 3.05) is 0 Å². The van der Waals surface area contributed by atoms with E-state index in [-0.39, 0.29) is 11.7 Å². The molecule has 0 N–H and O–H groups in total. The van der Waals surface area contributed by atoms with E-state index in [2.05, 4.69) is 26.6 Å². The first kappa shape index (κ1) is 17.7. The van der Waals surface area contributed by atoms with Crippen LogP contribution in [0.25, 0.3) is 11.9 Å². The summed E-state index contributed by atoms with van der Waals surface area (Å²) >= 11 is 0.